The molecule has 5 nitrogen and oxygen atoms in total. The van der Waals surface area contributed by atoms with Crippen LogP contribution in [0.15, 0.2) is 4.99 Å². The van der Waals surface area contributed by atoms with Gasteiger partial charge in [0.15, 0.2) is 5.96 Å². The third-order valence-electron chi connectivity index (χ3n) is 5.77. The molecular formula is C18H34N4O. The number of hydrogen-bond acceptors (Lipinski definition) is 3. The van der Waals surface area contributed by atoms with Gasteiger partial charge in [-0.25, -0.2) is 0 Å². The van der Waals surface area contributed by atoms with Crippen molar-refractivity contribution in [1.82, 2.24) is 15.5 Å². The normalized spacial score (nSPS) is 27.5. The molecule has 2 saturated heterocycles. The highest BCUT2D eigenvalue weighted by atomic mass is 16.5. The number of piperidine rings is 1. The van der Waals surface area contributed by atoms with Crippen molar-refractivity contribution in [1.29, 1.82) is 0 Å². The second kappa shape index (κ2) is 7.84. The minimum atomic E-state index is 0.280. The van der Waals surface area contributed by atoms with E-state index >= 15 is 0 Å². The molecule has 0 unspecified atom stereocenters. The van der Waals surface area contributed by atoms with Gasteiger partial charge in [0.05, 0.1) is 13.2 Å². The third-order valence-corrected chi connectivity index (χ3v) is 5.77. The Balaban J connectivity index is 1.38. The van der Waals surface area contributed by atoms with E-state index < -0.39 is 0 Å². The molecular weight excluding hydrogens is 288 g/mol. The summed E-state index contributed by atoms with van der Waals surface area (Å²) >= 11 is 0. The van der Waals surface area contributed by atoms with Crippen LogP contribution in [-0.4, -0.2) is 62.8 Å². The van der Waals surface area contributed by atoms with Crippen LogP contribution in [0.3, 0.4) is 0 Å². The average Bonchev–Trinajstić information content (AvgIpc) is 2.58. The summed E-state index contributed by atoms with van der Waals surface area (Å²) in [5.74, 6) is 0.953. The molecule has 0 aromatic heterocycles. The van der Waals surface area contributed by atoms with Gasteiger partial charge in [0.25, 0.3) is 0 Å². The van der Waals surface area contributed by atoms with Crippen molar-refractivity contribution in [2.45, 2.75) is 64.0 Å². The smallest absolute Gasteiger partial charge is 0.191 e. The quantitative estimate of drug-likeness (QED) is 0.614. The summed E-state index contributed by atoms with van der Waals surface area (Å²) < 4.78 is 5.32. The number of rotatable bonds is 4. The van der Waals surface area contributed by atoms with Gasteiger partial charge in [-0.05, 0) is 25.7 Å². The summed E-state index contributed by atoms with van der Waals surface area (Å²) in [6.07, 6.45) is 9.61. The standard InChI is InChI=1S/C18H34N4O/c1-18(13-23-14-18)12-20-17(19-2)21-15-8-10-22(11-9-15)16-6-4-3-5-7-16/h15-16H,3-14H2,1-2H3,(H2,19,20,21). The molecule has 1 aliphatic carbocycles. The molecule has 5 heteroatoms. The number of nitrogens with one attached hydrogen (secondary N) is 2. The van der Waals surface area contributed by atoms with E-state index in [1.165, 1.54) is 58.0 Å². The van der Waals surface area contributed by atoms with Gasteiger partial charge >= 0.3 is 0 Å². The monoisotopic (exact) mass is 322 g/mol. The highest BCUT2D eigenvalue weighted by Gasteiger charge is 2.33. The lowest BCUT2D eigenvalue weighted by molar-refractivity contribution is -0.0971. The van der Waals surface area contributed by atoms with E-state index in [0.29, 0.717) is 6.04 Å². The molecule has 2 aliphatic heterocycles. The zero-order valence-electron chi connectivity index (χ0n) is 14.9. The van der Waals surface area contributed by atoms with Gasteiger partial charge in [0.1, 0.15) is 0 Å². The Morgan fingerprint density at radius 2 is 1.83 bits per heavy atom. The number of nitrogens with zero attached hydrogens (tertiary/aromatic N) is 2. The summed E-state index contributed by atoms with van der Waals surface area (Å²) in [4.78, 5) is 7.13. The predicted molar refractivity (Wildman–Crippen MR) is 94.9 cm³/mol. The van der Waals surface area contributed by atoms with Gasteiger partial charge in [-0.15, -0.1) is 0 Å². The second-order valence-corrected chi connectivity index (χ2v) is 7.98. The van der Waals surface area contributed by atoms with E-state index in [0.717, 1.165) is 31.8 Å². The van der Waals surface area contributed by atoms with Crippen molar-refractivity contribution in [3.8, 4) is 0 Å². The van der Waals surface area contributed by atoms with Gasteiger partial charge in [-0.2, -0.15) is 0 Å². The Morgan fingerprint density at radius 3 is 2.39 bits per heavy atom. The second-order valence-electron chi connectivity index (χ2n) is 7.98. The number of aliphatic imine (C=N–C) groups is 1. The molecule has 0 aromatic carbocycles. The van der Waals surface area contributed by atoms with Crippen LogP contribution in [0.25, 0.3) is 0 Å². The molecule has 2 N–H and O–H groups in total. The summed E-state index contributed by atoms with van der Waals surface area (Å²) in [7, 11) is 1.87. The fourth-order valence-electron chi connectivity index (χ4n) is 4.09. The third kappa shape index (κ3) is 4.60. The number of likely N-dealkylation sites (tertiary alicyclic amines) is 1. The molecule has 3 rings (SSSR count). The first-order valence-corrected chi connectivity index (χ1v) is 9.47. The lowest BCUT2D eigenvalue weighted by Gasteiger charge is -2.40. The molecule has 3 aliphatic rings. The first-order chi connectivity index (χ1) is 11.2. The predicted octanol–water partition coefficient (Wildman–Crippen LogP) is 1.99. The number of guanidine groups is 1. The highest BCUT2D eigenvalue weighted by Crippen LogP contribution is 2.26. The van der Waals surface area contributed by atoms with Gasteiger partial charge < -0.3 is 20.3 Å². The lowest BCUT2D eigenvalue weighted by atomic mass is 9.89. The molecule has 0 bridgehead atoms. The Bertz CT molecular complexity index is 394. The first-order valence-electron chi connectivity index (χ1n) is 9.47. The Kier molecular flexibility index (Phi) is 5.81. The Morgan fingerprint density at radius 1 is 1.13 bits per heavy atom. The molecule has 132 valence electrons. The van der Waals surface area contributed by atoms with Crippen molar-refractivity contribution in [2.75, 3.05) is 39.9 Å². The zero-order valence-corrected chi connectivity index (χ0v) is 14.9. The fraction of sp³-hybridized carbons (Fsp3) is 0.944. The SMILES string of the molecule is CN=C(NCC1(C)COC1)NC1CCN(C2CCCCC2)CC1. The maximum atomic E-state index is 5.32. The van der Waals surface area contributed by atoms with Crippen LogP contribution >= 0.6 is 0 Å². The van der Waals surface area contributed by atoms with Gasteiger partial charge in [0.2, 0.25) is 0 Å². The van der Waals surface area contributed by atoms with Crippen LogP contribution < -0.4 is 10.6 Å². The zero-order chi connectivity index (χ0) is 16.1. The molecule has 2 heterocycles. The molecule has 0 spiro atoms. The van der Waals surface area contributed by atoms with E-state index in [9.17, 15) is 0 Å². The molecule has 1 saturated carbocycles. The summed E-state index contributed by atoms with van der Waals surface area (Å²) in [6.45, 7) is 7.40. The van der Waals surface area contributed by atoms with Crippen molar-refractivity contribution in [3.63, 3.8) is 0 Å². The van der Waals surface area contributed by atoms with Crippen LogP contribution in [0, 0.1) is 5.41 Å². The minimum Gasteiger partial charge on any atom is -0.380 e. The lowest BCUT2D eigenvalue weighted by Crippen LogP contribution is -2.54. The van der Waals surface area contributed by atoms with Crippen molar-refractivity contribution in [3.05, 3.63) is 0 Å². The van der Waals surface area contributed by atoms with Crippen molar-refractivity contribution < 1.29 is 4.74 Å². The van der Waals surface area contributed by atoms with Crippen LogP contribution in [0.1, 0.15) is 51.9 Å². The van der Waals surface area contributed by atoms with E-state index in [-0.39, 0.29) is 5.41 Å². The Hall–Kier alpha value is -0.810. The molecule has 23 heavy (non-hydrogen) atoms. The van der Waals surface area contributed by atoms with E-state index in [4.69, 9.17) is 4.74 Å². The molecule has 0 radical (unpaired) electrons. The molecule has 0 atom stereocenters. The van der Waals surface area contributed by atoms with Crippen LogP contribution in [0.4, 0.5) is 0 Å². The Labute approximate surface area is 141 Å². The molecule has 0 aromatic rings. The maximum Gasteiger partial charge on any atom is 0.191 e. The minimum absolute atomic E-state index is 0.280. The van der Waals surface area contributed by atoms with Crippen molar-refractivity contribution >= 4 is 5.96 Å². The maximum absolute atomic E-state index is 5.32. The number of hydrogen-bond donors (Lipinski definition) is 2. The average molecular weight is 322 g/mol. The molecule has 3 fully saturated rings. The van der Waals surface area contributed by atoms with Gasteiger partial charge in [-0.3, -0.25) is 4.99 Å². The van der Waals surface area contributed by atoms with Crippen LogP contribution in [0.5, 0.6) is 0 Å². The number of ether oxygens (including phenoxy) is 1. The summed E-state index contributed by atoms with van der Waals surface area (Å²) in [5.41, 5.74) is 0.280. The van der Waals surface area contributed by atoms with Gasteiger partial charge in [-0.1, -0.05) is 26.2 Å². The summed E-state index contributed by atoms with van der Waals surface area (Å²) in [5, 5.41) is 7.10. The van der Waals surface area contributed by atoms with Gasteiger partial charge in [0, 0.05) is 44.2 Å². The topological polar surface area (TPSA) is 48.9 Å². The largest absolute Gasteiger partial charge is 0.380 e. The summed E-state index contributed by atoms with van der Waals surface area (Å²) in [6, 6.07) is 1.42. The fourth-order valence-corrected chi connectivity index (χ4v) is 4.09. The van der Waals surface area contributed by atoms with Crippen molar-refractivity contribution in [2.24, 2.45) is 10.4 Å². The van der Waals surface area contributed by atoms with E-state index in [1.54, 1.807) is 0 Å². The van der Waals surface area contributed by atoms with E-state index in [2.05, 4.69) is 27.4 Å². The molecule has 0 amide bonds. The van der Waals surface area contributed by atoms with E-state index in [1.807, 2.05) is 7.05 Å². The van der Waals surface area contributed by atoms with Crippen LogP contribution in [-0.2, 0) is 4.74 Å². The highest BCUT2D eigenvalue weighted by molar-refractivity contribution is 5.80. The first kappa shape index (κ1) is 17.0. The van der Waals surface area contributed by atoms with Crippen LogP contribution in [0.2, 0.25) is 0 Å².